The lowest BCUT2D eigenvalue weighted by Crippen LogP contribution is -2.45. The Hall–Kier alpha value is -1.62. The quantitative estimate of drug-likeness (QED) is 0.832. The Morgan fingerprint density at radius 3 is 2.74 bits per heavy atom. The zero-order valence-corrected chi connectivity index (χ0v) is 11.9. The van der Waals surface area contributed by atoms with Gasteiger partial charge in [0.05, 0.1) is 5.60 Å². The van der Waals surface area contributed by atoms with Crippen molar-refractivity contribution >= 4 is 5.91 Å². The third-order valence-corrected chi connectivity index (χ3v) is 3.70. The van der Waals surface area contributed by atoms with Crippen molar-refractivity contribution in [3.05, 3.63) is 34.2 Å². The molecule has 5 heteroatoms. The van der Waals surface area contributed by atoms with Crippen LogP contribution in [0.3, 0.4) is 0 Å². The Bertz CT molecular complexity index is 506. The number of hydrogen-bond donors (Lipinski definition) is 2. The second kappa shape index (κ2) is 6.02. The lowest BCUT2D eigenvalue weighted by molar-refractivity contribution is 0.00584. The van der Waals surface area contributed by atoms with Gasteiger partial charge in [0, 0.05) is 19.7 Å². The number of rotatable bonds is 5. The average Bonchev–Trinajstić information content (AvgIpc) is 2.38. The number of nitrogens with zero attached hydrogens (tertiary/aromatic N) is 1. The molecule has 0 bridgehead atoms. The van der Waals surface area contributed by atoms with Gasteiger partial charge < -0.3 is 15.0 Å². The van der Waals surface area contributed by atoms with Crippen LogP contribution in [0.15, 0.2) is 23.0 Å². The van der Waals surface area contributed by atoms with E-state index in [-0.39, 0.29) is 29.6 Å². The smallest absolute Gasteiger partial charge is 0.268 e. The molecule has 1 aromatic rings. The largest absolute Gasteiger partial charge is 0.388 e. The predicted octanol–water partition coefficient (Wildman–Crippen LogP) is 0.912. The Balaban J connectivity index is 2.76. The molecule has 1 heterocycles. The van der Waals surface area contributed by atoms with Crippen molar-refractivity contribution in [1.82, 2.24) is 9.88 Å². The van der Waals surface area contributed by atoms with Crippen molar-refractivity contribution in [2.24, 2.45) is 13.0 Å². The lowest BCUT2D eigenvalue weighted by Gasteiger charge is -2.29. The van der Waals surface area contributed by atoms with Crippen molar-refractivity contribution in [2.45, 2.75) is 32.8 Å². The fourth-order valence-electron chi connectivity index (χ4n) is 1.76. The maximum Gasteiger partial charge on any atom is 0.268 e. The molecule has 0 radical (unpaired) electrons. The fraction of sp³-hybridized carbons (Fsp3) is 0.571. The molecule has 0 aliphatic heterocycles. The van der Waals surface area contributed by atoms with Gasteiger partial charge in [0.15, 0.2) is 0 Å². The van der Waals surface area contributed by atoms with Crippen LogP contribution in [0.5, 0.6) is 0 Å². The lowest BCUT2D eigenvalue weighted by atomic mass is 9.88. The summed E-state index contributed by atoms with van der Waals surface area (Å²) in [6.07, 6.45) is 0.826. The Labute approximate surface area is 113 Å². The van der Waals surface area contributed by atoms with Crippen LogP contribution in [0.25, 0.3) is 0 Å². The van der Waals surface area contributed by atoms with Crippen molar-refractivity contribution < 1.29 is 9.90 Å². The molecule has 0 aliphatic carbocycles. The van der Waals surface area contributed by atoms with Crippen LogP contribution >= 0.6 is 0 Å². The van der Waals surface area contributed by atoms with E-state index < -0.39 is 5.60 Å². The summed E-state index contributed by atoms with van der Waals surface area (Å²) in [4.78, 5) is 23.4. The highest BCUT2D eigenvalue weighted by molar-refractivity contribution is 5.92. The third kappa shape index (κ3) is 3.67. The zero-order valence-electron chi connectivity index (χ0n) is 11.9. The standard InChI is InChI=1S/C14H22N2O3/c1-5-10(2)14(3,19)9-15-13(18)11-7-6-8-12(17)16(11)4/h6-8,10,19H,5,9H2,1-4H3,(H,15,18). The predicted molar refractivity (Wildman–Crippen MR) is 74.1 cm³/mol. The first kappa shape index (κ1) is 15.4. The molecule has 0 aromatic carbocycles. The summed E-state index contributed by atoms with van der Waals surface area (Å²) in [5.41, 5.74) is -0.910. The van der Waals surface area contributed by atoms with E-state index >= 15 is 0 Å². The molecule has 1 amide bonds. The Kier molecular flexibility index (Phi) is 4.89. The maximum atomic E-state index is 12.0. The highest BCUT2D eigenvalue weighted by Crippen LogP contribution is 2.18. The molecule has 2 unspecified atom stereocenters. The molecule has 19 heavy (non-hydrogen) atoms. The summed E-state index contributed by atoms with van der Waals surface area (Å²) in [6.45, 7) is 5.78. The molecule has 0 aliphatic rings. The van der Waals surface area contributed by atoms with Gasteiger partial charge in [-0.3, -0.25) is 9.59 Å². The molecule has 0 saturated carbocycles. The molecular weight excluding hydrogens is 244 g/mol. The summed E-state index contributed by atoms with van der Waals surface area (Å²) >= 11 is 0. The highest BCUT2D eigenvalue weighted by Gasteiger charge is 2.27. The van der Waals surface area contributed by atoms with Gasteiger partial charge in [-0.25, -0.2) is 0 Å². The second-order valence-corrected chi connectivity index (χ2v) is 5.16. The van der Waals surface area contributed by atoms with Gasteiger partial charge in [-0.1, -0.05) is 26.3 Å². The Morgan fingerprint density at radius 1 is 1.53 bits per heavy atom. The van der Waals surface area contributed by atoms with Crippen LogP contribution in [0, 0.1) is 5.92 Å². The van der Waals surface area contributed by atoms with Crippen LogP contribution in [0.1, 0.15) is 37.7 Å². The SMILES string of the molecule is CCC(C)C(C)(O)CNC(=O)c1cccc(=O)n1C. The van der Waals surface area contributed by atoms with Crippen LogP contribution in [-0.4, -0.2) is 27.7 Å². The summed E-state index contributed by atoms with van der Waals surface area (Å²) in [7, 11) is 1.55. The van der Waals surface area contributed by atoms with Crippen molar-refractivity contribution in [3.63, 3.8) is 0 Å². The van der Waals surface area contributed by atoms with Gasteiger partial charge >= 0.3 is 0 Å². The summed E-state index contributed by atoms with van der Waals surface area (Å²) in [5.74, 6) is -0.281. The van der Waals surface area contributed by atoms with E-state index in [4.69, 9.17) is 0 Å². The Morgan fingerprint density at radius 2 is 2.16 bits per heavy atom. The van der Waals surface area contributed by atoms with Gasteiger partial charge in [-0.05, 0) is 18.9 Å². The molecule has 0 fully saturated rings. The van der Waals surface area contributed by atoms with Gasteiger partial charge in [-0.2, -0.15) is 0 Å². The summed E-state index contributed by atoms with van der Waals surface area (Å²) < 4.78 is 1.29. The number of carbonyl (C=O) groups is 1. The minimum atomic E-state index is -0.960. The fourth-order valence-corrected chi connectivity index (χ4v) is 1.76. The molecule has 0 saturated heterocycles. The number of hydrogen-bond acceptors (Lipinski definition) is 3. The van der Waals surface area contributed by atoms with Crippen LogP contribution < -0.4 is 10.9 Å². The topological polar surface area (TPSA) is 71.3 Å². The van der Waals surface area contributed by atoms with Crippen molar-refractivity contribution in [1.29, 1.82) is 0 Å². The van der Waals surface area contributed by atoms with E-state index in [1.54, 1.807) is 26.1 Å². The molecule has 2 N–H and O–H groups in total. The number of amides is 1. The van der Waals surface area contributed by atoms with E-state index in [0.29, 0.717) is 0 Å². The van der Waals surface area contributed by atoms with Crippen molar-refractivity contribution in [2.75, 3.05) is 6.54 Å². The van der Waals surface area contributed by atoms with Gasteiger partial charge in [0.25, 0.3) is 11.5 Å². The number of pyridine rings is 1. The van der Waals surface area contributed by atoms with E-state index in [1.165, 1.54) is 10.6 Å². The van der Waals surface area contributed by atoms with Crippen molar-refractivity contribution in [3.8, 4) is 0 Å². The molecule has 1 rings (SSSR count). The summed E-state index contributed by atoms with van der Waals surface area (Å²) in [5, 5.41) is 12.9. The average molecular weight is 266 g/mol. The first-order valence-corrected chi connectivity index (χ1v) is 6.46. The second-order valence-electron chi connectivity index (χ2n) is 5.16. The molecule has 0 spiro atoms. The number of carbonyl (C=O) groups excluding carboxylic acids is 1. The number of aliphatic hydroxyl groups is 1. The zero-order chi connectivity index (χ0) is 14.6. The van der Waals surface area contributed by atoms with Crippen LogP contribution in [-0.2, 0) is 7.05 Å². The van der Waals surface area contributed by atoms with Gasteiger partial charge in [0.1, 0.15) is 5.69 Å². The molecule has 1 aromatic heterocycles. The summed E-state index contributed by atoms with van der Waals surface area (Å²) in [6, 6.07) is 4.52. The normalized spacial score (nSPS) is 15.6. The van der Waals surface area contributed by atoms with E-state index in [1.807, 2.05) is 13.8 Å². The molecule has 106 valence electrons. The minimum absolute atomic E-state index is 0.0763. The minimum Gasteiger partial charge on any atom is -0.388 e. The van der Waals surface area contributed by atoms with E-state index in [9.17, 15) is 14.7 Å². The number of nitrogens with one attached hydrogen (secondary N) is 1. The monoisotopic (exact) mass is 266 g/mol. The van der Waals surface area contributed by atoms with Gasteiger partial charge in [0.2, 0.25) is 0 Å². The highest BCUT2D eigenvalue weighted by atomic mass is 16.3. The molecule has 5 nitrogen and oxygen atoms in total. The van der Waals surface area contributed by atoms with E-state index in [0.717, 1.165) is 6.42 Å². The first-order chi connectivity index (χ1) is 8.79. The third-order valence-electron chi connectivity index (χ3n) is 3.70. The molecule has 2 atom stereocenters. The number of aromatic nitrogens is 1. The first-order valence-electron chi connectivity index (χ1n) is 6.46. The van der Waals surface area contributed by atoms with E-state index in [2.05, 4.69) is 5.32 Å². The molecular formula is C14H22N2O3. The van der Waals surface area contributed by atoms with Crippen LogP contribution in [0.4, 0.5) is 0 Å². The van der Waals surface area contributed by atoms with Crippen LogP contribution in [0.2, 0.25) is 0 Å². The van der Waals surface area contributed by atoms with Gasteiger partial charge in [-0.15, -0.1) is 0 Å². The maximum absolute atomic E-state index is 12.0.